The summed E-state index contributed by atoms with van der Waals surface area (Å²) >= 11 is 5.84. The van der Waals surface area contributed by atoms with Gasteiger partial charge in [-0.25, -0.2) is 4.39 Å². The van der Waals surface area contributed by atoms with E-state index in [9.17, 15) is 9.18 Å². The first-order chi connectivity index (χ1) is 9.56. The van der Waals surface area contributed by atoms with Gasteiger partial charge in [-0.2, -0.15) is 0 Å². The molecule has 20 heavy (non-hydrogen) atoms. The summed E-state index contributed by atoms with van der Waals surface area (Å²) in [7, 11) is 0. The number of carbonyl (C=O) groups excluding carboxylic acids is 1. The second kappa shape index (κ2) is 4.89. The maximum Gasteiger partial charge on any atom is 0.248 e. The topological polar surface area (TPSA) is 46.3 Å². The molecule has 0 unspecified atom stereocenters. The van der Waals surface area contributed by atoms with E-state index in [2.05, 4.69) is 0 Å². The molecule has 2 aromatic carbocycles. The number of carbonyl (C=O) groups is 1. The second-order valence-electron chi connectivity index (χ2n) is 4.73. The minimum atomic E-state index is -0.798. The van der Waals surface area contributed by atoms with Gasteiger partial charge in [-0.3, -0.25) is 4.79 Å². The monoisotopic (exact) mass is 290 g/mol. The van der Waals surface area contributed by atoms with Crippen molar-refractivity contribution in [1.29, 1.82) is 0 Å². The minimum Gasteiger partial charge on any atom is -0.316 e. The average Bonchev–Trinajstić information content (AvgIpc) is 2.66. The van der Waals surface area contributed by atoms with Gasteiger partial charge in [-0.1, -0.05) is 23.7 Å². The van der Waals surface area contributed by atoms with Gasteiger partial charge in [0.15, 0.2) is 0 Å². The van der Waals surface area contributed by atoms with Crippen LogP contribution < -0.4 is 10.6 Å². The zero-order valence-electron chi connectivity index (χ0n) is 10.5. The molecule has 2 N–H and O–H groups in total. The van der Waals surface area contributed by atoms with Crippen LogP contribution in [0.4, 0.5) is 10.1 Å². The van der Waals surface area contributed by atoms with Gasteiger partial charge in [0.05, 0.1) is 6.54 Å². The van der Waals surface area contributed by atoms with Gasteiger partial charge in [0.1, 0.15) is 11.9 Å². The van der Waals surface area contributed by atoms with Gasteiger partial charge in [0.2, 0.25) is 5.91 Å². The first-order valence-corrected chi connectivity index (χ1v) is 6.55. The number of nitrogens with zero attached hydrogens (tertiary/aromatic N) is 1. The van der Waals surface area contributed by atoms with Crippen molar-refractivity contribution in [3.05, 3.63) is 64.4 Å². The third kappa shape index (κ3) is 2.17. The molecular weight excluding hydrogens is 279 g/mol. The zero-order chi connectivity index (χ0) is 14.3. The fourth-order valence-electron chi connectivity index (χ4n) is 2.38. The van der Waals surface area contributed by atoms with E-state index >= 15 is 0 Å². The van der Waals surface area contributed by atoms with Crippen molar-refractivity contribution in [2.45, 2.75) is 12.6 Å². The van der Waals surface area contributed by atoms with Crippen LogP contribution in [0.3, 0.4) is 0 Å². The Labute approximate surface area is 120 Å². The average molecular weight is 291 g/mol. The molecule has 0 bridgehead atoms. The Balaban J connectivity index is 1.95. The molecule has 3 nitrogen and oxygen atoms in total. The Morgan fingerprint density at radius 2 is 1.90 bits per heavy atom. The van der Waals surface area contributed by atoms with Crippen LogP contribution in [0.25, 0.3) is 0 Å². The van der Waals surface area contributed by atoms with Crippen molar-refractivity contribution in [3.8, 4) is 0 Å². The highest BCUT2D eigenvalue weighted by atomic mass is 35.5. The highest BCUT2D eigenvalue weighted by molar-refractivity contribution is 6.30. The minimum absolute atomic E-state index is 0.222. The molecule has 0 saturated heterocycles. The van der Waals surface area contributed by atoms with Crippen LogP contribution in [0.15, 0.2) is 42.5 Å². The number of rotatable bonds is 2. The van der Waals surface area contributed by atoms with Gasteiger partial charge in [0.25, 0.3) is 0 Å². The summed E-state index contributed by atoms with van der Waals surface area (Å²) in [6.45, 7) is 0.391. The van der Waals surface area contributed by atoms with E-state index in [4.69, 9.17) is 17.3 Å². The van der Waals surface area contributed by atoms with Crippen LogP contribution in [-0.4, -0.2) is 5.91 Å². The number of halogens is 2. The first kappa shape index (κ1) is 13.1. The van der Waals surface area contributed by atoms with E-state index in [1.165, 1.54) is 12.1 Å². The summed E-state index contributed by atoms with van der Waals surface area (Å²) in [5, 5.41) is 0.640. The Kier molecular flexibility index (Phi) is 3.20. The largest absolute Gasteiger partial charge is 0.316 e. The van der Waals surface area contributed by atoms with Crippen molar-refractivity contribution in [1.82, 2.24) is 0 Å². The van der Waals surface area contributed by atoms with Gasteiger partial charge < -0.3 is 10.6 Å². The lowest BCUT2D eigenvalue weighted by Gasteiger charge is -2.17. The fourth-order valence-corrected chi connectivity index (χ4v) is 2.50. The smallest absolute Gasteiger partial charge is 0.248 e. The SMILES string of the molecule is N[C@@H]1C(=O)N(Cc2ccc(Cl)cc2)c2ccc(F)cc21. The Morgan fingerprint density at radius 1 is 1.20 bits per heavy atom. The number of nitrogens with two attached hydrogens (primary N) is 1. The van der Waals surface area contributed by atoms with Crippen LogP contribution in [0.1, 0.15) is 17.2 Å². The van der Waals surface area contributed by atoms with Crippen molar-refractivity contribution < 1.29 is 9.18 Å². The quantitative estimate of drug-likeness (QED) is 0.924. The summed E-state index contributed by atoms with van der Waals surface area (Å²) in [6.07, 6.45) is 0. The number of fused-ring (bicyclic) bond motifs is 1. The van der Waals surface area contributed by atoms with E-state index in [1.54, 1.807) is 23.1 Å². The van der Waals surface area contributed by atoms with E-state index in [0.29, 0.717) is 22.8 Å². The molecule has 0 aliphatic carbocycles. The standard InChI is InChI=1S/C15H12ClFN2O/c16-10-3-1-9(2-4-10)8-19-13-6-5-11(17)7-12(13)14(18)15(19)20/h1-7,14H,8,18H2/t14-/m0/s1. The molecule has 0 aromatic heterocycles. The molecule has 1 amide bonds. The maximum atomic E-state index is 13.3. The molecule has 1 aliphatic heterocycles. The third-order valence-corrected chi connectivity index (χ3v) is 3.65. The van der Waals surface area contributed by atoms with Gasteiger partial charge >= 0.3 is 0 Å². The molecule has 102 valence electrons. The Hall–Kier alpha value is -1.91. The predicted octanol–water partition coefficient (Wildman–Crippen LogP) is 3.03. The highest BCUT2D eigenvalue weighted by Crippen LogP contribution is 2.35. The van der Waals surface area contributed by atoms with Crippen LogP contribution in [0.5, 0.6) is 0 Å². The molecule has 0 radical (unpaired) electrons. The van der Waals surface area contributed by atoms with Gasteiger partial charge in [-0.15, -0.1) is 0 Å². The summed E-state index contributed by atoms with van der Waals surface area (Å²) < 4.78 is 13.3. The molecular formula is C15H12ClFN2O. The number of amides is 1. The third-order valence-electron chi connectivity index (χ3n) is 3.40. The molecule has 1 atom stereocenters. The Morgan fingerprint density at radius 3 is 2.60 bits per heavy atom. The van der Waals surface area contributed by atoms with E-state index in [1.807, 2.05) is 12.1 Å². The first-order valence-electron chi connectivity index (χ1n) is 6.17. The lowest BCUT2D eigenvalue weighted by molar-refractivity contribution is -0.119. The summed E-state index contributed by atoms with van der Waals surface area (Å²) in [5.41, 5.74) is 7.98. The summed E-state index contributed by atoms with van der Waals surface area (Å²) in [4.78, 5) is 13.8. The van der Waals surface area contributed by atoms with E-state index in [-0.39, 0.29) is 11.7 Å². The van der Waals surface area contributed by atoms with Crippen LogP contribution >= 0.6 is 11.6 Å². The van der Waals surface area contributed by atoms with Crippen molar-refractivity contribution in [2.24, 2.45) is 5.73 Å². The molecule has 1 heterocycles. The van der Waals surface area contributed by atoms with E-state index < -0.39 is 6.04 Å². The summed E-state index contributed by atoms with van der Waals surface area (Å²) in [6, 6.07) is 10.7. The molecule has 1 aliphatic rings. The second-order valence-corrected chi connectivity index (χ2v) is 5.17. The Bertz CT molecular complexity index is 672. The molecule has 0 saturated carbocycles. The molecule has 2 aromatic rings. The highest BCUT2D eigenvalue weighted by Gasteiger charge is 2.34. The summed E-state index contributed by atoms with van der Waals surface area (Å²) in [5.74, 6) is -0.610. The van der Waals surface area contributed by atoms with Crippen LogP contribution in [0, 0.1) is 5.82 Å². The molecule has 0 fully saturated rings. The maximum absolute atomic E-state index is 13.3. The number of anilines is 1. The normalized spacial score (nSPS) is 17.4. The molecule has 5 heteroatoms. The lowest BCUT2D eigenvalue weighted by Crippen LogP contribution is -2.31. The number of benzene rings is 2. The van der Waals surface area contributed by atoms with Crippen molar-refractivity contribution in [3.63, 3.8) is 0 Å². The number of hydrogen-bond acceptors (Lipinski definition) is 2. The van der Waals surface area contributed by atoms with Crippen molar-refractivity contribution in [2.75, 3.05) is 4.90 Å². The molecule has 3 rings (SSSR count). The fraction of sp³-hybridized carbons (Fsp3) is 0.133. The van der Waals surface area contributed by atoms with Crippen molar-refractivity contribution >= 4 is 23.2 Å². The van der Waals surface area contributed by atoms with Crippen LogP contribution in [-0.2, 0) is 11.3 Å². The van der Waals surface area contributed by atoms with Gasteiger partial charge in [-0.05, 0) is 35.9 Å². The number of hydrogen-bond donors (Lipinski definition) is 1. The zero-order valence-corrected chi connectivity index (χ0v) is 11.3. The van der Waals surface area contributed by atoms with Gasteiger partial charge in [0, 0.05) is 16.3 Å². The predicted molar refractivity (Wildman–Crippen MR) is 76.0 cm³/mol. The molecule has 0 spiro atoms. The van der Waals surface area contributed by atoms with Crippen LogP contribution in [0.2, 0.25) is 5.02 Å². The van der Waals surface area contributed by atoms with E-state index in [0.717, 1.165) is 5.56 Å². The lowest BCUT2D eigenvalue weighted by atomic mass is 10.1.